The molecule has 1 unspecified atom stereocenters. The summed E-state index contributed by atoms with van der Waals surface area (Å²) in [6.45, 7) is 3.57. The molecule has 0 aliphatic heterocycles. The van der Waals surface area contributed by atoms with Gasteiger partial charge in [0, 0.05) is 12.8 Å². The Morgan fingerprint density at radius 2 is 2.30 bits per heavy atom. The van der Waals surface area contributed by atoms with Crippen LogP contribution in [0.15, 0.2) is 0 Å². The van der Waals surface area contributed by atoms with E-state index in [1.807, 2.05) is 6.92 Å². The molecule has 0 spiro atoms. The summed E-state index contributed by atoms with van der Waals surface area (Å²) in [6, 6.07) is 2.07. The van der Waals surface area contributed by atoms with Crippen molar-refractivity contribution in [3.05, 3.63) is 0 Å². The summed E-state index contributed by atoms with van der Waals surface area (Å²) in [6.07, 6.45) is 1.99. The summed E-state index contributed by atoms with van der Waals surface area (Å²) < 4.78 is 0. The normalized spacial score (nSPS) is 12.1. The standard InChI is InChI=1S/C8H13NO/c1-3-8(4-5-9)6-7(2)10/h8H,3-4,6H2,1-2H3. The van der Waals surface area contributed by atoms with Gasteiger partial charge in [0.1, 0.15) is 5.78 Å². The third kappa shape index (κ3) is 4.08. The molecule has 0 amide bonds. The molecule has 0 aromatic carbocycles. The van der Waals surface area contributed by atoms with Gasteiger partial charge in [-0.3, -0.25) is 0 Å². The summed E-state index contributed by atoms with van der Waals surface area (Å²) >= 11 is 0. The van der Waals surface area contributed by atoms with Gasteiger partial charge in [-0.1, -0.05) is 13.3 Å². The Balaban J connectivity index is 3.62. The van der Waals surface area contributed by atoms with Gasteiger partial charge in [0.15, 0.2) is 0 Å². The number of hydrogen-bond donors (Lipinski definition) is 0. The SMILES string of the molecule is CCC(CC#N)CC(C)=O. The van der Waals surface area contributed by atoms with Crippen LogP contribution in [-0.2, 0) is 4.79 Å². The Labute approximate surface area is 61.8 Å². The average Bonchev–Trinajstić information content (AvgIpc) is 1.86. The molecule has 0 N–H and O–H groups in total. The lowest BCUT2D eigenvalue weighted by Crippen LogP contribution is -2.03. The highest BCUT2D eigenvalue weighted by atomic mass is 16.1. The number of nitrogens with zero attached hydrogens (tertiary/aromatic N) is 1. The van der Waals surface area contributed by atoms with Crippen LogP contribution in [0.4, 0.5) is 0 Å². The predicted octanol–water partition coefficient (Wildman–Crippen LogP) is 1.91. The molecular formula is C8H13NO. The lowest BCUT2D eigenvalue weighted by atomic mass is 9.97. The van der Waals surface area contributed by atoms with E-state index in [1.54, 1.807) is 6.92 Å². The van der Waals surface area contributed by atoms with Gasteiger partial charge in [-0.05, 0) is 12.8 Å². The summed E-state index contributed by atoms with van der Waals surface area (Å²) in [5.41, 5.74) is 0. The van der Waals surface area contributed by atoms with Gasteiger partial charge in [-0.2, -0.15) is 5.26 Å². The van der Waals surface area contributed by atoms with E-state index in [9.17, 15) is 4.79 Å². The Morgan fingerprint density at radius 1 is 1.70 bits per heavy atom. The molecule has 2 heteroatoms. The van der Waals surface area contributed by atoms with Gasteiger partial charge in [0.2, 0.25) is 0 Å². The first-order chi connectivity index (χ1) is 4.70. The number of hydrogen-bond acceptors (Lipinski definition) is 2. The van der Waals surface area contributed by atoms with Crippen LogP contribution in [0.1, 0.15) is 33.1 Å². The first-order valence-electron chi connectivity index (χ1n) is 3.57. The molecule has 0 bridgehead atoms. The highest BCUT2D eigenvalue weighted by molar-refractivity contribution is 5.75. The number of Topliss-reactive ketones (excluding diaryl/α,β-unsaturated/α-hetero) is 1. The Kier molecular flexibility index (Phi) is 4.57. The minimum atomic E-state index is 0.183. The molecule has 0 aliphatic carbocycles. The first kappa shape index (κ1) is 9.16. The van der Waals surface area contributed by atoms with Crippen molar-refractivity contribution in [2.24, 2.45) is 5.92 Å². The summed E-state index contributed by atoms with van der Waals surface area (Å²) in [5, 5.41) is 8.32. The zero-order valence-corrected chi connectivity index (χ0v) is 6.55. The van der Waals surface area contributed by atoms with Gasteiger partial charge in [-0.15, -0.1) is 0 Å². The Hall–Kier alpha value is -0.840. The maximum Gasteiger partial charge on any atom is 0.130 e. The predicted molar refractivity (Wildman–Crippen MR) is 39.3 cm³/mol. The molecule has 0 rings (SSSR count). The summed E-state index contributed by atoms with van der Waals surface area (Å²) in [5.74, 6) is 0.463. The van der Waals surface area contributed by atoms with E-state index >= 15 is 0 Å². The van der Waals surface area contributed by atoms with Gasteiger partial charge in [-0.25, -0.2) is 0 Å². The quantitative estimate of drug-likeness (QED) is 0.597. The topological polar surface area (TPSA) is 40.9 Å². The van der Waals surface area contributed by atoms with Crippen LogP contribution in [0.25, 0.3) is 0 Å². The molecule has 0 saturated carbocycles. The van der Waals surface area contributed by atoms with Crippen LogP contribution in [0.3, 0.4) is 0 Å². The van der Waals surface area contributed by atoms with Crippen molar-refractivity contribution in [1.82, 2.24) is 0 Å². The third-order valence-electron chi connectivity index (χ3n) is 1.53. The van der Waals surface area contributed by atoms with Crippen molar-refractivity contribution in [3.8, 4) is 6.07 Å². The van der Waals surface area contributed by atoms with Crippen molar-refractivity contribution < 1.29 is 4.79 Å². The second-order valence-electron chi connectivity index (χ2n) is 2.54. The molecule has 0 aromatic rings. The zero-order chi connectivity index (χ0) is 7.98. The number of rotatable bonds is 4. The maximum atomic E-state index is 10.6. The van der Waals surface area contributed by atoms with E-state index in [-0.39, 0.29) is 11.7 Å². The van der Waals surface area contributed by atoms with E-state index in [0.29, 0.717) is 12.8 Å². The summed E-state index contributed by atoms with van der Waals surface area (Å²) in [4.78, 5) is 10.6. The van der Waals surface area contributed by atoms with Gasteiger partial charge in [0.05, 0.1) is 6.07 Å². The van der Waals surface area contributed by atoms with E-state index in [1.165, 1.54) is 0 Å². The molecular weight excluding hydrogens is 126 g/mol. The van der Waals surface area contributed by atoms with Crippen molar-refractivity contribution in [2.45, 2.75) is 33.1 Å². The highest BCUT2D eigenvalue weighted by Crippen LogP contribution is 2.11. The van der Waals surface area contributed by atoms with Crippen molar-refractivity contribution >= 4 is 5.78 Å². The molecule has 0 heterocycles. The van der Waals surface area contributed by atoms with Crippen LogP contribution < -0.4 is 0 Å². The molecule has 0 radical (unpaired) electrons. The molecule has 10 heavy (non-hydrogen) atoms. The average molecular weight is 139 g/mol. The minimum absolute atomic E-state index is 0.183. The van der Waals surface area contributed by atoms with E-state index in [2.05, 4.69) is 6.07 Å². The fraction of sp³-hybridized carbons (Fsp3) is 0.750. The largest absolute Gasteiger partial charge is 0.300 e. The van der Waals surface area contributed by atoms with Gasteiger partial charge in [0.25, 0.3) is 0 Å². The van der Waals surface area contributed by atoms with Crippen LogP contribution >= 0.6 is 0 Å². The van der Waals surface area contributed by atoms with Gasteiger partial charge >= 0.3 is 0 Å². The molecule has 0 aliphatic rings. The number of ketones is 1. The number of carbonyl (C=O) groups excluding carboxylic acids is 1. The number of carbonyl (C=O) groups is 1. The Bertz CT molecular complexity index is 146. The van der Waals surface area contributed by atoms with Crippen molar-refractivity contribution in [3.63, 3.8) is 0 Å². The molecule has 0 saturated heterocycles. The monoisotopic (exact) mass is 139 g/mol. The van der Waals surface area contributed by atoms with Crippen LogP contribution in [0, 0.1) is 17.2 Å². The Morgan fingerprint density at radius 3 is 2.60 bits per heavy atom. The van der Waals surface area contributed by atoms with Crippen LogP contribution in [-0.4, -0.2) is 5.78 Å². The fourth-order valence-electron chi connectivity index (χ4n) is 0.896. The molecule has 0 fully saturated rings. The lowest BCUT2D eigenvalue weighted by molar-refractivity contribution is -0.117. The maximum absolute atomic E-state index is 10.6. The molecule has 2 nitrogen and oxygen atoms in total. The van der Waals surface area contributed by atoms with Crippen LogP contribution in [0.2, 0.25) is 0 Å². The molecule has 56 valence electrons. The smallest absolute Gasteiger partial charge is 0.130 e. The van der Waals surface area contributed by atoms with E-state index in [0.717, 1.165) is 6.42 Å². The van der Waals surface area contributed by atoms with Crippen LogP contribution in [0.5, 0.6) is 0 Å². The van der Waals surface area contributed by atoms with E-state index < -0.39 is 0 Å². The first-order valence-corrected chi connectivity index (χ1v) is 3.57. The number of nitriles is 1. The summed E-state index contributed by atoms with van der Waals surface area (Å²) in [7, 11) is 0. The third-order valence-corrected chi connectivity index (χ3v) is 1.53. The molecule has 0 aromatic heterocycles. The van der Waals surface area contributed by atoms with Gasteiger partial charge < -0.3 is 4.79 Å². The second-order valence-corrected chi connectivity index (χ2v) is 2.54. The van der Waals surface area contributed by atoms with Crippen molar-refractivity contribution in [2.75, 3.05) is 0 Å². The lowest BCUT2D eigenvalue weighted by Gasteiger charge is -2.06. The van der Waals surface area contributed by atoms with E-state index in [4.69, 9.17) is 5.26 Å². The highest BCUT2D eigenvalue weighted by Gasteiger charge is 2.07. The minimum Gasteiger partial charge on any atom is -0.300 e. The second kappa shape index (κ2) is 4.99. The molecule has 1 atom stereocenters. The zero-order valence-electron chi connectivity index (χ0n) is 6.55. The fourth-order valence-corrected chi connectivity index (χ4v) is 0.896. The van der Waals surface area contributed by atoms with Crippen molar-refractivity contribution in [1.29, 1.82) is 5.26 Å².